The molecule has 2 heterocycles. The van der Waals surface area contributed by atoms with Crippen molar-refractivity contribution in [2.45, 2.75) is 30.7 Å². The van der Waals surface area contributed by atoms with E-state index in [1.54, 1.807) is 4.90 Å². The number of nitrogens with zero attached hydrogens (tertiary/aromatic N) is 1. The van der Waals surface area contributed by atoms with E-state index in [0.29, 0.717) is 19.5 Å². The van der Waals surface area contributed by atoms with E-state index >= 15 is 0 Å². The standard InChI is InChI=1S/C14H18N2O3S/c15-8-11-3-1-10(2-4-11)5-6-16-12-7-13(14(16)17)20(18,19)9-12/h1-4,12-13H,5-9,15H2. The molecule has 0 saturated carbocycles. The van der Waals surface area contributed by atoms with Crippen molar-refractivity contribution in [3.8, 4) is 0 Å². The zero-order valence-electron chi connectivity index (χ0n) is 11.2. The van der Waals surface area contributed by atoms with Gasteiger partial charge in [-0.2, -0.15) is 0 Å². The Kier molecular flexibility index (Phi) is 3.30. The van der Waals surface area contributed by atoms with Gasteiger partial charge in [0.15, 0.2) is 9.84 Å². The molecule has 108 valence electrons. The van der Waals surface area contributed by atoms with E-state index in [1.165, 1.54) is 0 Å². The fourth-order valence-corrected chi connectivity index (χ4v) is 5.11. The molecule has 2 aliphatic heterocycles. The van der Waals surface area contributed by atoms with Crippen molar-refractivity contribution >= 4 is 15.7 Å². The van der Waals surface area contributed by atoms with Crippen LogP contribution in [-0.2, 0) is 27.6 Å². The lowest BCUT2D eigenvalue weighted by molar-refractivity contribution is -0.128. The second kappa shape index (κ2) is 4.86. The van der Waals surface area contributed by atoms with Crippen LogP contribution in [0.3, 0.4) is 0 Å². The molecule has 2 unspecified atom stereocenters. The predicted octanol–water partition coefficient (Wildman–Crippen LogP) is 0.0857. The summed E-state index contributed by atoms with van der Waals surface area (Å²) in [6, 6.07) is 7.88. The van der Waals surface area contributed by atoms with E-state index in [9.17, 15) is 13.2 Å². The Morgan fingerprint density at radius 2 is 1.85 bits per heavy atom. The summed E-state index contributed by atoms with van der Waals surface area (Å²) in [5.74, 6) is -0.0740. The molecule has 0 radical (unpaired) electrons. The van der Waals surface area contributed by atoms with Crippen LogP contribution in [0.25, 0.3) is 0 Å². The highest BCUT2D eigenvalue weighted by Crippen LogP contribution is 2.33. The third-order valence-electron chi connectivity index (χ3n) is 4.24. The molecule has 1 aromatic carbocycles. The topological polar surface area (TPSA) is 80.5 Å². The smallest absolute Gasteiger partial charge is 0.241 e. The fraction of sp³-hybridized carbons (Fsp3) is 0.500. The number of hydrogen-bond donors (Lipinski definition) is 1. The number of likely N-dealkylation sites (tertiary alicyclic amines) is 1. The van der Waals surface area contributed by atoms with Gasteiger partial charge in [-0.3, -0.25) is 4.79 Å². The average molecular weight is 294 g/mol. The number of rotatable bonds is 4. The molecule has 3 rings (SSSR count). The highest BCUT2D eigenvalue weighted by atomic mass is 32.2. The zero-order chi connectivity index (χ0) is 14.3. The molecular weight excluding hydrogens is 276 g/mol. The van der Waals surface area contributed by atoms with Crippen molar-refractivity contribution in [2.24, 2.45) is 5.73 Å². The van der Waals surface area contributed by atoms with Gasteiger partial charge in [-0.25, -0.2) is 8.42 Å². The van der Waals surface area contributed by atoms with E-state index in [1.807, 2.05) is 24.3 Å². The summed E-state index contributed by atoms with van der Waals surface area (Å²) in [6.45, 7) is 1.12. The molecule has 1 aromatic rings. The monoisotopic (exact) mass is 294 g/mol. The first-order valence-corrected chi connectivity index (χ1v) is 8.53. The van der Waals surface area contributed by atoms with Gasteiger partial charge in [0.1, 0.15) is 5.25 Å². The Labute approximate surface area is 118 Å². The van der Waals surface area contributed by atoms with Crippen molar-refractivity contribution in [1.29, 1.82) is 0 Å². The third-order valence-corrected chi connectivity index (χ3v) is 6.35. The third kappa shape index (κ3) is 2.23. The number of carbonyl (C=O) groups is 1. The lowest BCUT2D eigenvalue weighted by Crippen LogP contribution is -2.45. The van der Waals surface area contributed by atoms with E-state index in [0.717, 1.165) is 17.5 Å². The summed E-state index contributed by atoms with van der Waals surface area (Å²) in [5.41, 5.74) is 7.77. The minimum Gasteiger partial charge on any atom is -0.337 e. The molecule has 2 atom stereocenters. The lowest BCUT2D eigenvalue weighted by atomic mass is 10.1. The molecule has 2 aliphatic rings. The number of nitrogens with two attached hydrogens (primary N) is 1. The molecule has 6 heteroatoms. The summed E-state index contributed by atoms with van der Waals surface area (Å²) in [5, 5.41) is -0.771. The first kappa shape index (κ1) is 13.6. The van der Waals surface area contributed by atoms with Crippen LogP contribution in [-0.4, -0.2) is 42.8 Å². The van der Waals surface area contributed by atoms with Gasteiger partial charge in [-0.05, 0) is 24.0 Å². The summed E-state index contributed by atoms with van der Waals surface area (Å²) in [7, 11) is -3.17. The highest BCUT2D eigenvalue weighted by molar-refractivity contribution is 7.93. The molecule has 2 saturated heterocycles. The number of amides is 1. The number of hydrogen-bond acceptors (Lipinski definition) is 4. The summed E-state index contributed by atoms with van der Waals surface area (Å²) in [4.78, 5) is 13.8. The minimum atomic E-state index is -3.17. The van der Waals surface area contributed by atoms with Crippen molar-refractivity contribution in [2.75, 3.05) is 12.3 Å². The first-order chi connectivity index (χ1) is 9.51. The lowest BCUT2D eigenvalue weighted by Gasteiger charge is -2.26. The van der Waals surface area contributed by atoms with Crippen molar-refractivity contribution in [1.82, 2.24) is 4.90 Å². The quantitative estimate of drug-likeness (QED) is 0.853. The first-order valence-electron chi connectivity index (χ1n) is 6.81. The minimum absolute atomic E-state index is 0.110. The Morgan fingerprint density at radius 3 is 2.40 bits per heavy atom. The van der Waals surface area contributed by atoms with Crippen LogP contribution in [0, 0.1) is 0 Å². The van der Waals surface area contributed by atoms with Crippen LogP contribution in [0.5, 0.6) is 0 Å². The van der Waals surface area contributed by atoms with Crippen LogP contribution in [0.4, 0.5) is 0 Å². The Morgan fingerprint density at radius 1 is 1.20 bits per heavy atom. The summed E-state index contributed by atoms with van der Waals surface area (Å²) >= 11 is 0. The molecule has 2 bridgehead atoms. The van der Waals surface area contributed by atoms with Gasteiger partial charge >= 0.3 is 0 Å². The van der Waals surface area contributed by atoms with E-state index in [4.69, 9.17) is 5.73 Å². The molecule has 0 aromatic heterocycles. The SMILES string of the molecule is NCc1ccc(CCN2C(=O)C3CC2CS3(=O)=O)cc1. The van der Waals surface area contributed by atoms with Gasteiger partial charge in [0.05, 0.1) is 5.75 Å². The predicted molar refractivity (Wildman–Crippen MR) is 75.7 cm³/mol. The normalized spacial score (nSPS) is 27.2. The maximum Gasteiger partial charge on any atom is 0.241 e. The van der Waals surface area contributed by atoms with Gasteiger partial charge in [0.25, 0.3) is 0 Å². The molecule has 0 spiro atoms. The number of fused-ring (bicyclic) bond motifs is 2. The van der Waals surface area contributed by atoms with Crippen LogP contribution >= 0.6 is 0 Å². The van der Waals surface area contributed by atoms with Crippen molar-refractivity contribution in [3.05, 3.63) is 35.4 Å². The molecule has 20 heavy (non-hydrogen) atoms. The number of carbonyl (C=O) groups excluding carboxylic acids is 1. The highest BCUT2D eigenvalue weighted by Gasteiger charge is 2.54. The van der Waals surface area contributed by atoms with Gasteiger partial charge in [0, 0.05) is 19.1 Å². The summed E-state index contributed by atoms with van der Waals surface area (Å²) < 4.78 is 23.3. The second-order valence-corrected chi connectivity index (χ2v) is 7.74. The van der Waals surface area contributed by atoms with Crippen LogP contribution in [0.1, 0.15) is 17.5 Å². The summed E-state index contributed by atoms with van der Waals surface area (Å²) in [6.07, 6.45) is 1.23. The van der Waals surface area contributed by atoms with Gasteiger partial charge in [-0.1, -0.05) is 24.3 Å². The molecule has 2 N–H and O–H groups in total. The van der Waals surface area contributed by atoms with E-state index in [2.05, 4.69) is 0 Å². The fourth-order valence-electron chi connectivity index (χ4n) is 3.07. The molecular formula is C14H18N2O3S. The van der Waals surface area contributed by atoms with E-state index < -0.39 is 15.1 Å². The van der Waals surface area contributed by atoms with Gasteiger partial charge in [0.2, 0.25) is 5.91 Å². The maximum absolute atomic E-state index is 12.0. The molecule has 5 nitrogen and oxygen atoms in total. The number of sulfone groups is 1. The van der Waals surface area contributed by atoms with Crippen molar-refractivity contribution in [3.63, 3.8) is 0 Å². The van der Waals surface area contributed by atoms with Gasteiger partial charge in [-0.15, -0.1) is 0 Å². The zero-order valence-corrected chi connectivity index (χ0v) is 12.0. The number of benzene rings is 1. The average Bonchev–Trinajstić information content (AvgIpc) is 2.90. The maximum atomic E-state index is 12.0. The van der Waals surface area contributed by atoms with Crippen LogP contribution in [0.15, 0.2) is 24.3 Å². The molecule has 2 fully saturated rings. The Hall–Kier alpha value is -1.40. The van der Waals surface area contributed by atoms with E-state index in [-0.39, 0.29) is 17.7 Å². The van der Waals surface area contributed by atoms with Crippen LogP contribution in [0.2, 0.25) is 0 Å². The largest absolute Gasteiger partial charge is 0.337 e. The molecule has 0 aliphatic carbocycles. The second-order valence-electron chi connectivity index (χ2n) is 5.51. The Balaban J connectivity index is 1.64. The Bertz CT molecular complexity index is 624. The van der Waals surface area contributed by atoms with Gasteiger partial charge < -0.3 is 10.6 Å². The van der Waals surface area contributed by atoms with Crippen LogP contribution < -0.4 is 5.73 Å². The molecule has 1 amide bonds. The van der Waals surface area contributed by atoms with Crippen molar-refractivity contribution < 1.29 is 13.2 Å².